The van der Waals surface area contributed by atoms with Crippen molar-refractivity contribution in [3.8, 4) is 0 Å². The van der Waals surface area contributed by atoms with E-state index in [4.69, 9.17) is 0 Å². The molecular formula is C9H9FN6O4S. The zero-order valence-corrected chi connectivity index (χ0v) is 11.6. The van der Waals surface area contributed by atoms with E-state index in [1.165, 1.54) is 14.0 Å². The average Bonchev–Trinajstić information content (AvgIpc) is 2.72. The Kier molecular flexibility index (Phi) is 3.55. The topological polar surface area (TPSA) is 133 Å². The van der Waals surface area contributed by atoms with Crippen molar-refractivity contribution in [1.29, 1.82) is 0 Å². The van der Waals surface area contributed by atoms with Gasteiger partial charge in [0, 0.05) is 6.07 Å². The van der Waals surface area contributed by atoms with Crippen LogP contribution in [0.3, 0.4) is 0 Å². The maximum absolute atomic E-state index is 13.4. The maximum atomic E-state index is 13.4. The standard InChI is InChI=1S/C9H9FN6O4S/c1-5-3-6(10)7(16(17)18)4-8(5)21(19,20)13-9-11-14-15(2)12-9/h3-4H,1-2H3,(H,12,13). The molecule has 2 rings (SSSR count). The van der Waals surface area contributed by atoms with Crippen molar-refractivity contribution in [2.45, 2.75) is 11.8 Å². The fourth-order valence-corrected chi connectivity index (χ4v) is 2.75. The van der Waals surface area contributed by atoms with Gasteiger partial charge in [0.2, 0.25) is 5.82 Å². The van der Waals surface area contributed by atoms with Gasteiger partial charge < -0.3 is 0 Å². The minimum absolute atomic E-state index is 0.00879. The number of nitrogens with zero attached hydrogens (tertiary/aromatic N) is 5. The molecule has 1 aromatic heterocycles. The fourth-order valence-electron chi connectivity index (χ4n) is 1.57. The summed E-state index contributed by atoms with van der Waals surface area (Å²) in [7, 11) is -2.77. The minimum Gasteiger partial charge on any atom is -0.258 e. The highest BCUT2D eigenvalue weighted by Crippen LogP contribution is 2.26. The van der Waals surface area contributed by atoms with Gasteiger partial charge in [0.05, 0.1) is 16.9 Å². The molecule has 1 heterocycles. The number of rotatable bonds is 4. The van der Waals surface area contributed by atoms with Crippen LogP contribution in [0.25, 0.3) is 0 Å². The molecule has 0 saturated heterocycles. The van der Waals surface area contributed by atoms with Gasteiger partial charge in [0.1, 0.15) is 0 Å². The molecule has 0 aliphatic carbocycles. The smallest absolute Gasteiger partial charge is 0.258 e. The summed E-state index contributed by atoms with van der Waals surface area (Å²) >= 11 is 0. The Morgan fingerprint density at radius 3 is 2.62 bits per heavy atom. The number of nitro benzene ring substituents is 1. The van der Waals surface area contributed by atoms with Crippen LogP contribution < -0.4 is 4.72 Å². The average molecular weight is 316 g/mol. The summed E-state index contributed by atoms with van der Waals surface area (Å²) in [6.07, 6.45) is 0. The van der Waals surface area contributed by atoms with Crippen LogP contribution in [0.4, 0.5) is 16.0 Å². The van der Waals surface area contributed by atoms with Gasteiger partial charge in [-0.15, -0.1) is 5.10 Å². The first-order valence-corrected chi connectivity index (χ1v) is 6.90. The van der Waals surface area contributed by atoms with E-state index < -0.39 is 31.3 Å². The van der Waals surface area contributed by atoms with Gasteiger partial charge in [0.25, 0.3) is 16.0 Å². The largest absolute Gasteiger partial charge is 0.306 e. The second-order valence-electron chi connectivity index (χ2n) is 4.03. The lowest BCUT2D eigenvalue weighted by Crippen LogP contribution is -2.16. The molecule has 0 fully saturated rings. The number of tetrazole rings is 1. The van der Waals surface area contributed by atoms with E-state index in [9.17, 15) is 22.9 Å². The van der Waals surface area contributed by atoms with E-state index in [1.54, 1.807) is 0 Å². The molecule has 112 valence electrons. The van der Waals surface area contributed by atoms with Crippen molar-refractivity contribution in [3.05, 3.63) is 33.6 Å². The third kappa shape index (κ3) is 2.94. The summed E-state index contributed by atoms with van der Waals surface area (Å²) in [5.41, 5.74) is -0.928. The number of sulfonamides is 1. The van der Waals surface area contributed by atoms with Crippen LogP contribution in [0.15, 0.2) is 17.0 Å². The number of nitro groups is 1. The van der Waals surface area contributed by atoms with Gasteiger partial charge >= 0.3 is 5.69 Å². The Hall–Kier alpha value is -2.63. The Morgan fingerprint density at radius 1 is 1.43 bits per heavy atom. The van der Waals surface area contributed by atoms with Gasteiger partial charge in [-0.05, 0) is 23.8 Å². The maximum Gasteiger partial charge on any atom is 0.306 e. The predicted octanol–water partition coefficient (Wildman–Crippen LogP) is 0.367. The molecule has 0 amide bonds. The molecule has 0 unspecified atom stereocenters. The molecule has 0 bridgehead atoms. The van der Waals surface area contributed by atoms with Crippen molar-refractivity contribution in [2.24, 2.45) is 7.05 Å². The van der Waals surface area contributed by atoms with Crippen molar-refractivity contribution in [2.75, 3.05) is 4.72 Å². The van der Waals surface area contributed by atoms with Crippen LogP contribution in [-0.4, -0.2) is 33.5 Å². The second kappa shape index (κ2) is 5.05. The third-order valence-electron chi connectivity index (χ3n) is 2.46. The summed E-state index contributed by atoms with van der Waals surface area (Å²) in [5, 5.41) is 21.2. The molecule has 0 aliphatic heterocycles. The Labute approximate surface area is 117 Å². The molecule has 1 N–H and O–H groups in total. The highest BCUT2D eigenvalue weighted by molar-refractivity contribution is 7.92. The van der Waals surface area contributed by atoms with Gasteiger partial charge in [0.15, 0.2) is 0 Å². The van der Waals surface area contributed by atoms with Gasteiger partial charge in [-0.2, -0.15) is 9.19 Å². The quantitative estimate of drug-likeness (QED) is 0.636. The van der Waals surface area contributed by atoms with Crippen molar-refractivity contribution >= 4 is 21.7 Å². The second-order valence-corrected chi connectivity index (χ2v) is 5.69. The van der Waals surface area contributed by atoms with E-state index >= 15 is 0 Å². The lowest BCUT2D eigenvalue weighted by atomic mass is 10.2. The summed E-state index contributed by atoms with van der Waals surface area (Å²) in [4.78, 5) is 10.3. The number of hydrogen-bond acceptors (Lipinski definition) is 7. The van der Waals surface area contributed by atoms with Gasteiger partial charge in [-0.3, -0.25) is 10.1 Å². The number of aromatic nitrogens is 4. The molecular weight excluding hydrogens is 307 g/mol. The van der Waals surface area contributed by atoms with Crippen LogP contribution in [0.5, 0.6) is 0 Å². The van der Waals surface area contributed by atoms with E-state index in [0.717, 1.165) is 10.9 Å². The predicted molar refractivity (Wildman–Crippen MR) is 67.4 cm³/mol. The first kappa shape index (κ1) is 14.8. The first-order chi connectivity index (χ1) is 9.70. The van der Waals surface area contributed by atoms with Crippen molar-refractivity contribution < 1.29 is 17.7 Å². The molecule has 2 aromatic rings. The molecule has 21 heavy (non-hydrogen) atoms. The Bertz CT molecular complexity index is 818. The van der Waals surface area contributed by atoms with Crippen molar-refractivity contribution in [3.63, 3.8) is 0 Å². The van der Waals surface area contributed by atoms with Crippen molar-refractivity contribution in [1.82, 2.24) is 20.2 Å². The zero-order valence-electron chi connectivity index (χ0n) is 10.8. The summed E-state index contributed by atoms with van der Waals surface area (Å²) in [6, 6.07) is 1.42. The fraction of sp³-hybridized carbons (Fsp3) is 0.222. The van der Waals surface area contributed by atoms with Crippen LogP contribution >= 0.6 is 0 Å². The monoisotopic (exact) mass is 316 g/mol. The van der Waals surface area contributed by atoms with Crippen LogP contribution in [-0.2, 0) is 17.1 Å². The number of aryl methyl sites for hydroxylation is 2. The molecule has 10 nitrogen and oxygen atoms in total. The normalized spacial score (nSPS) is 11.4. The van der Waals surface area contributed by atoms with E-state index in [2.05, 4.69) is 15.4 Å². The lowest BCUT2D eigenvalue weighted by Gasteiger charge is -2.07. The van der Waals surface area contributed by atoms with Crippen LogP contribution in [0.2, 0.25) is 0 Å². The zero-order chi connectivity index (χ0) is 15.8. The summed E-state index contributed by atoms with van der Waals surface area (Å²) < 4.78 is 39.7. The number of halogens is 1. The molecule has 0 atom stereocenters. The van der Waals surface area contributed by atoms with E-state index in [-0.39, 0.29) is 11.5 Å². The van der Waals surface area contributed by atoms with E-state index in [0.29, 0.717) is 6.07 Å². The van der Waals surface area contributed by atoms with Crippen LogP contribution in [0.1, 0.15) is 5.56 Å². The Balaban J connectivity index is 2.49. The lowest BCUT2D eigenvalue weighted by molar-refractivity contribution is -0.387. The molecule has 0 saturated carbocycles. The first-order valence-electron chi connectivity index (χ1n) is 5.42. The highest BCUT2D eigenvalue weighted by Gasteiger charge is 2.25. The molecule has 1 aromatic carbocycles. The highest BCUT2D eigenvalue weighted by atomic mass is 32.2. The van der Waals surface area contributed by atoms with Gasteiger partial charge in [-0.25, -0.2) is 13.1 Å². The van der Waals surface area contributed by atoms with Crippen LogP contribution in [0, 0.1) is 22.9 Å². The summed E-state index contributed by atoms with van der Waals surface area (Å²) in [5.74, 6) is -1.42. The number of anilines is 1. The number of hydrogen-bond donors (Lipinski definition) is 1. The van der Waals surface area contributed by atoms with E-state index in [1.807, 2.05) is 4.72 Å². The van der Waals surface area contributed by atoms with Gasteiger partial charge in [-0.1, -0.05) is 5.10 Å². The molecule has 0 radical (unpaired) electrons. The molecule has 12 heteroatoms. The Morgan fingerprint density at radius 2 is 2.10 bits per heavy atom. The summed E-state index contributed by atoms with van der Waals surface area (Å²) in [6.45, 7) is 1.31. The minimum atomic E-state index is -4.20. The molecule has 0 spiro atoms. The number of benzene rings is 1. The number of nitrogens with one attached hydrogen (secondary N) is 1. The molecule has 0 aliphatic rings. The SMILES string of the molecule is Cc1cc(F)c([N+](=O)[O-])cc1S(=O)(=O)Nc1nnn(C)n1. The third-order valence-corrected chi connectivity index (χ3v) is 3.93.